The van der Waals surface area contributed by atoms with Gasteiger partial charge in [-0.1, -0.05) is 44.1 Å². The van der Waals surface area contributed by atoms with Crippen LogP contribution >= 0.6 is 0 Å². The fourth-order valence-electron chi connectivity index (χ4n) is 1.13. The highest BCUT2D eigenvalue weighted by Gasteiger charge is 2.12. The number of rotatable bonds is 5. The fourth-order valence-corrected chi connectivity index (χ4v) is 1.13. The van der Waals surface area contributed by atoms with Gasteiger partial charge in [0.2, 0.25) is 0 Å². The van der Waals surface area contributed by atoms with E-state index in [2.05, 4.69) is 40.3 Å². The van der Waals surface area contributed by atoms with Crippen LogP contribution in [-0.2, 0) is 0 Å². The van der Waals surface area contributed by atoms with Crippen molar-refractivity contribution >= 4 is 0 Å². The molecule has 2 atom stereocenters. The van der Waals surface area contributed by atoms with Crippen LogP contribution in [0.2, 0.25) is 0 Å². The van der Waals surface area contributed by atoms with Crippen LogP contribution in [0.15, 0.2) is 23.8 Å². The van der Waals surface area contributed by atoms with E-state index in [4.69, 9.17) is 5.73 Å². The Morgan fingerprint density at radius 2 is 2.00 bits per heavy atom. The average molecular weight is 181 g/mol. The summed E-state index contributed by atoms with van der Waals surface area (Å²) in [7, 11) is 0. The first kappa shape index (κ1) is 12.4. The Balaban J connectivity index is 4.04. The molecule has 76 valence electrons. The van der Waals surface area contributed by atoms with Crippen LogP contribution in [0.1, 0.15) is 40.5 Å². The molecule has 1 nitrogen and oxygen atoms in total. The molecular weight excluding hydrogens is 158 g/mol. The summed E-state index contributed by atoms with van der Waals surface area (Å²) in [5.41, 5.74) is 8.51. The first-order valence-corrected chi connectivity index (χ1v) is 5.05. The Hall–Kier alpha value is -0.560. The average Bonchev–Trinajstić information content (AvgIpc) is 2.11. The van der Waals surface area contributed by atoms with Gasteiger partial charge >= 0.3 is 0 Å². The van der Waals surface area contributed by atoms with Crippen molar-refractivity contribution in [2.24, 2.45) is 11.7 Å². The van der Waals surface area contributed by atoms with E-state index in [1.54, 1.807) is 0 Å². The zero-order valence-corrected chi connectivity index (χ0v) is 9.43. The van der Waals surface area contributed by atoms with Gasteiger partial charge in [0.1, 0.15) is 0 Å². The molecule has 0 aromatic rings. The Morgan fingerprint density at radius 1 is 1.46 bits per heavy atom. The molecule has 2 N–H and O–H groups in total. The van der Waals surface area contributed by atoms with E-state index >= 15 is 0 Å². The van der Waals surface area contributed by atoms with Crippen LogP contribution in [0.3, 0.4) is 0 Å². The molecule has 0 saturated heterocycles. The highest BCUT2D eigenvalue weighted by Crippen LogP contribution is 2.15. The van der Waals surface area contributed by atoms with Gasteiger partial charge in [0.15, 0.2) is 0 Å². The number of nitrogens with two attached hydrogens (primary N) is 1. The lowest BCUT2D eigenvalue weighted by Crippen LogP contribution is -2.29. The quantitative estimate of drug-likeness (QED) is 0.647. The van der Waals surface area contributed by atoms with Crippen molar-refractivity contribution < 1.29 is 0 Å². The van der Waals surface area contributed by atoms with E-state index in [1.807, 2.05) is 0 Å². The van der Waals surface area contributed by atoms with Crippen LogP contribution in [-0.4, -0.2) is 6.04 Å². The Morgan fingerprint density at radius 3 is 2.38 bits per heavy atom. The second kappa shape index (κ2) is 5.98. The van der Waals surface area contributed by atoms with Gasteiger partial charge in [-0.25, -0.2) is 0 Å². The summed E-state index contributed by atoms with van der Waals surface area (Å²) < 4.78 is 0. The van der Waals surface area contributed by atoms with E-state index in [1.165, 1.54) is 5.57 Å². The fraction of sp³-hybridized carbons (Fsp3) is 0.667. The van der Waals surface area contributed by atoms with Crippen molar-refractivity contribution in [3.8, 4) is 0 Å². The highest BCUT2D eigenvalue weighted by molar-refractivity contribution is 5.12. The smallest absolute Gasteiger partial charge is 0.0279 e. The maximum Gasteiger partial charge on any atom is 0.0279 e. The third-order valence-corrected chi connectivity index (χ3v) is 2.50. The van der Waals surface area contributed by atoms with E-state index in [0.717, 1.165) is 18.4 Å². The molecule has 0 spiro atoms. The predicted molar refractivity (Wildman–Crippen MR) is 60.6 cm³/mol. The normalized spacial score (nSPS) is 14.8. The second-order valence-electron chi connectivity index (χ2n) is 4.06. The summed E-state index contributed by atoms with van der Waals surface area (Å²) in [6.45, 7) is 12.6. The molecule has 0 bridgehead atoms. The minimum Gasteiger partial charge on any atom is -0.324 e. The summed E-state index contributed by atoms with van der Waals surface area (Å²) >= 11 is 0. The SMILES string of the molecule is C=C(CC=C(C)C)C(N)C(C)CC. The van der Waals surface area contributed by atoms with Gasteiger partial charge in [0, 0.05) is 6.04 Å². The summed E-state index contributed by atoms with van der Waals surface area (Å²) in [6, 6.07) is 0.153. The van der Waals surface area contributed by atoms with Crippen molar-refractivity contribution in [3.05, 3.63) is 23.8 Å². The molecule has 2 unspecified atom stereocenters. The van der Waals surface area contributed by atoms with Crippen LogP contribution < -0.4 is 5.73 Å². The molecule has 0 aromatic heterocycles. The molecule has 13 heavy (non-hydrogen) atoms. The number of hydrogen-bond donors (Lipinski definition) is 1. The van der Waals surface area contributed by atoms with E-state index in [9.17, 15) is 0 Å². The topological polar surface area (TPSA) is 26.0 Å². The Bertz CT molecular complexity index is 187. The third-order valence-electron chi connectivity index (χ3n) is 2.50. The summed E-state index contributed by atoms with van der Waals surface area (Å²) in [5.74, 6) is 0.540. The van der Waals surface area contributed by atoms with Gasteiger partial charge in [-0.3, -0.25) is 0 Å². The van der Waals surface area contributed by atoms with Crippen molar-refractivity contribution in [2.45, 2.75) is 46.6 Å². The van der Waals surface area contributed by atoms with Crippen LogP contribution in [0.4, 0.5) is 0 Å². The van der Waals surface area contributed by atoms with Crippen molar-refractivity contribution in [1.82, 2.24) is 0 Å². The lowest BCUT2D eigenvalue weighted by molar-refractivity contribution is 0.482. The molecule has 1 heteroatoms. The third kappa shape index (κ3) is 4.89. The largest absolute Gasteiger partial charge is 0.324 e. The first-order chi connectivity index (χ1) is 5.99. The Labute approximate surface area is 82.7 Å². The van der Waals surface area contributed by atoms with E-state index in [-0.39, 0.29) is 6.04 Å². The summed E-state index contributed by atoms with van der Waals surface area (Å²) in [5, 5.41) is 0. The first-order valence-electron chi connectivity index (χ1n) is 5.05. The lowest BCUT2D eigenvalue weighted by Gasteiger charge is -2.19. The van der Waals surface area contributed by atoms with Gasteiger partial charge in [-0.2, -0.15) is 0 Å². The molecule has 0 saturated carbocycles. The maximum absolute atomic E-state index is 6.03. The standard InChI is InChI=1S/C12H23N/c1-6-10(4)12(13)11(5)8-7-9(2)3/h7,10,12H,5-6,8,13H2,1-4H3. The molecule has 0 heterocycles. The molecule has 0 radical (unpaired) electrons. The minimum atomic E-state index is 0.153. The van der Waals surface area contributed by atoms with Crippen molar-refractivity contribution in [2.75, 3.05) is 0 Å². The van der Waals surface area contributed by atoms with E-state index < -0.39 is 0 Å². The van der Waals surface area contributed by atoms with Gasteiger partial charge in [-0.15, -0.1) is 0 Å². The zero-order valence-electron chi connectivity index (χ0n) is 9.43. The van der Waals surface area contributed by atoms with Crippen LogP contribution in [0.25, 0.3) is 0 Å². The molecule has 0 rings (SSSR count). The molecule has 0 aliphatic rings. The van der Waals surface area contributed by atoms with Gasteiger partial charge in [0.05, 0.1) is 0 Å². The molecule has 0 aliphatic carbocycles. The van der Waals surface area contributed by atoms with Gasteiger partial charge < -0.3 is 5.73 Å². The van der Waals surface area contributed by atoms with Crippen LogP contribution in [0, 0.1) is 5.92 Å². The molecule has 0 fully saturated rings. The maximum atomic E-state index is 6.03. The molecule has 0 amide bonds. The highest BCUT2D eigenvalue weighted by atomic mass is 14.6. The summed E-state index contributed by atoms with van der Waals surface area (Å²) in [4.78, 5) is 0. The van der Waals surface area contributed by atoms with E-state index in [0.29, 0.717) is 5.92 Å². The molecule has 0 aliphatic heterocycles. The number of hydrogen-bond acceptors (Lipinski definition) is 1. The molecule has 0 aromatic carbocycles. The number of allylic oxidation sites excluding steroid dienone is 2. The summed E-state index contributed by atoms with van der Waals surface area (Å²) in [6.07, 6.45) is 4.23. The van der Waals surface area contributed by atoms with Crippen LogP contribution in [0.5, 0.6) is 0 Å². The molecular formula is C12H23N. The lowest BCUT2D eigenvalue weighted by atomic mass is 9.92. The van der Waals surface area contributed by atoms with Crippen molar-refractivity contribution in [1.29, 1.82) is 0 Å². The van der Waals surface area contributed by atoms with Crippen molar-refractivity contribution in [3.63, 3.8) is 0 Å². The monoisotopic (exact) mass is 181 g/mol. The van der Waals surface area contributed by atoms with Gasteiger partial charge in [0.25, 0.3) is 0 Å². The zero-order chi connectivity index (χ0) is 10.4. The Kier molecular flexibility index (Phi) is 5.72. The second-order valence-corrected chi connectivity index (χ2v) is 4.06. The predicted octanol–water partition coefficient (Wildman–Crippen LogP) is 3.27. The minimum absolute atomic E-state index is 0.153. The van der Waals surface area contributed by atoms with Gasteiger partial charge in [-0.05, 0) is 26.2 Å².